The largest absolute Gasteiger partial charge is 0.501 e. The van der Waals surface area contributed by atoms with E-state index in [9.17, 15) is 0 Å². The summed E-state index contributed by atoms with van der Waals surface area (Å²) in [5.41, 5.74) is 0.900. The molecule has 0 amide bonds. The highest BCUT2D eigenvalue weighted by atomic mass is 16.6. The number of epoxide rings is 3. The fourth-order valence-electron chi connectivity index (χ4n) is 6.14. The molecule has 0 aromatic rings. The molecule has 8 nitrogen and oxygen atoms in total. The molecule has 7 fully saturated rings. The van der Waals surface area contributed by atoms with Gasteiger partial charge in [0.05, 0.1) is 102 Å². The molecule has 2 aliphatic carbocycles. The second-order valence-electron chi connectivity index (χ2n) is 14.5. The van der Waals surface area contributed by atoms with Gasteiger partial charge in [-0.05, 0) is 70.1 Å². The van der Waals surface area contributed by atoms with Gasteiger partial charge in [0, 0.05) is 5.41 Å². The summed E-state index contributed by atoms with van der Waals surface area (Å²) >= 11 is 0. The van der Waals surface area contributed by atoms with Crippen LogP contribution in [0.3, 0.4) is 0 Å². The molecule has 7 aliphatic rings. The smallest absolute Gasteiger partial charge is 0.104 e. The van der Waals surface area contributed by atoms with Gasteiger partial charge in [0.25, 0.3) is 0 Å². The highest BCUT2D eigenvalue weighted by molar-refractivity contribution is 5.06. The van der Waals surface area contributed by atoms with Gasteiger partial charge in [0.15, 0.2) is 0 Å². The molecule has 5 aliphatic heterocycles. The lowest BCUT2D eigenvalue weighted by molar-refractivity contribution is -0.147. The predicted octanol–water partition coefficient (Wildman–Crippen LogP) is 7.65. The van der Waals surface area contributed by atoms with E-state index in [-0.39, 0.29) is 5.60 Å². The molecule has 8 heteroatoms. The van der Waals surface area contributed by atoms with Gasteiger partial charge in [-0.1, -0.05) is 44.7 Å². The lowest BCUT2D eigenvalue weighted by Gasteiger charge is -2.40. The summed E-state index contributed by atoms with van der Waals surface area (Å²) in [6.45, 7) is 32.6. The van der Waals surface area contributed by atoms with Crippen LogP contribution in [0.5, 0.6) is 0 Å². The fraction of sp³-hybridized carbons (Fsp3) is 0.750. The Morgan fingerprint density at radius 2 is 1.35 bits per heavy atom. The van der Waals surface area contributed by atoms with Crippen LogP contribution in [0.1, 0.15) is 72.1 Å². The zero-order chi connectivity index (χ0) is 34.9. The Hall–Kier alpha value is -1.78. The number of hydrogen-bond acceptors (Lipinski definition) is 8. The number of hydrogen-bond donors (Lipinski definition) is 0. The minimum atomic E-state index is 0.277. The van der Waals surface area contributed by atoms with E-state index < -0.39 is 0 Å². The summed E-state index contributed by atoms with van der Waals surface area (Å²) < 4.78 is 41.6. The maximum atomic E-state index is 5.55. The third-order valence-corrected chi connectivity index (χ3v) is 10.5. The average molecular weight is 675 g/mol. The summed E-state index contributed by atoms with van der Waals surface area (Å²) in [5.74, 6) is 1.47. The average Bonchev–Trinajstić information content (AvgIpc) is 3.97. The van der Waals surface area contributed by atoms with Crippen LogP contribution in [0.15, 0.2) is 63.5 Å². The minimum Gasteiger partial charge on any atom is -0.501 e. The first-order valence-electron chi connectivity index (χ1n) is 18.2. The van der Waals surface area contributed by atoms with Gasteiger partial charge in [-0.25, -0.2) is 0 Å². The van der Waals surface area contributed by atoms with Gasteiger partial charge >= 0.3 is 0 Å². The van der Waals surface area contributed by atoms with Crippen molar-refractivity contribution in [3.05, 3.63) is 63.5 Å². The van der Waals surface area contributed by atoms with Crippen LogP contribution >= 0.6 is 0 Å². The summed E-state index contributed by atoms with van der Waals surface area (Å²) in [4.78, 5) is 0. The lowest BCUT2D eigenvalue weighted by Crippen LogP contribution is -2.45. The second kappa shape index (κ2) is 20.8. The summed E-state index contributed by atoms with van der Waals surface area (Å²) in [5, 5.41) is 0. The molecule has 274 valence electrons. The molecule has 0 aromatic carbocycles. The van der Waals surface area contributed by atoms with Crippen molar-refractivity contribution in [2.75, 3.05) is 66.1 Å². The Bertz CT molecular complexity index is 959. The van der Waals surface area contributed by atoms with Gasteiger partial charge in [-0.3, -0.25) is 0 Å². The maximum Gasteiger partial charge on any atom is 0.104 e. The molecular weight excluding hydrogens is 608 g/mol. The highest BCUT2D eigenvalue weighted by Crippen LogP contribution is 2.49. The van der Waals surface area contributed by atoms with E-state index in [1.54, 1.807) is 12.2 Å². The van der Waals surface area contributed by atoms with Gasteiger partial charge in [0.2, 0.25) is 0 Å². The topological polar surface area (TPSA) is 83.7 Å². The quantitative estimate of drug-likeness (QED) is 0.0759. The number of rotatable bonds is 15. The predicted molar refractivity (Wildman–Crippen MR) is 192 cm³/mol. The van der Waals surface area contributed by atoms with Crippen LogP contribution in [-0.4, -0.2) is 96.1 Å². The summed E-state index contributed by atoms with van der Waals surface area (Å²) in [6.07, 6.45) is 21.1. The molecule has 2 saturated carbocycles. The van der Waals surface area contributed by atoms with Crippen LogP contribution in [0, 0.1) is 22.7 Å². The highest BCUT2D eigenvalue weighted by Gasteiger charge is 2.54. The second-order valence-corrected chi connectivity index (χ2v) is 14.5. The first-order valence-corrected chi connectivity index (χ1v) is 18.2. The van der Waals surface area contributed by atoms with Crippen molar-refractivity contribution in [3.63, 3.8) is 0 Å². The Morgan fingerprint density at radius 1 is 0.750 bits per heavy atom. The third kappa shape index (κ3) is 13.9. The molecule has 48 heavy (non-hydrogen) atoms. The minimum absolute atomic E-state index is 0.277. The molecular formula is C40H66O8. The van der Waals surface area contributed by atoms with Crippen LogP contribution in [0.4, 0.5) is 0 Å². The normalized spacial score (nSPS) is 33.1. The third-order valence-electron chi connectivity index (χ3n) is 10.5. The van der Waals surface area contributed by atoms with E-state index in [2.05, 4.69) is 65.8 Å². The molecule has 5 heterocycles. The van der Waals surface area contributed by atoms with E-state index in [0.29, 0.717) is 48.5 Å². The molecule has 7 unspecified atom stereocenters. The van der Waals surface area contributed by atoms with Crippen molar-refractivity contribution in [1.82, 2.24) is 0 Å². The van der Waals surface area contributed by atoms with E-state index in [0.717, 1.165) is 77.5 Å². The van der Waals surface area contributed by atoms with Crippen molar-refractivity contribution in [3.8, 4) is 0 Å². The molecule has 7 atom stereocenters. The zero-order valence-corrected chi connectivity index (χ0v) is 30.4. The number of ether oxygens (including phenoxy) is 8. The van der Waals surface area contributed by atoms with E-state index in [1.807, 2.05) is 0 Å². The first-order chi connectivity index (χ1) is 23.2. The van der Waals surface area contributed by atoms with Crippen molar-refractivity contribution >= 4 is 0 Å². The molecule has 5 saturated heterocycles. The molecule has 0 radical (unpaired) electrons. The Balaban J connectivity index is 0.000000163. The van der Waals surface area contributed by atoms with Crippen LogP contribution in [0.25, 0.3) is 0 Å². The van der Waals surface area contributed by atoms with Gasteiger partial charge in [-0.2, -0.15) is 0 Å². The van der Waals surface area contributed by atoms with Crippen molar-refractivity contribution < 1.29 is 37.9 Å². The van der Waals surface area contributed by atoms with Gasteiger partial charge < -0.3 is 37.9 Å². The fourth-order valence-corrected chi connectivity index (χ4v) is 6.14. The van der Waals surface area contributed by atoms with E-state index in [4.69, 9.17) is 37.9 Å². The zero-order valence-electron chi connectivity index (χ0n) is 30.4. The Morgan fingerprint density at radius 3 is 1.83 bits per heavy atom. The first kappa shape index (κ1) is 40.6. The number of allylic oxidation sites excluding steroid dienone is 2. The standard InChI is InChI=1S/C9H16O2.C9H14O.C8H14O2.C8H12O.C6H10O2/c1-3-5-10-6-9(4-2)7-11-8-9;1-3-7-4-5-9(2)8(6-7)10-9;1-3-8(5-9-4-2)6-10-7-8;1-2-6-3-4-7-8(5-6)9-7;1-2-3-7-4-6-5-8-6/h3H,1,4-8H2,2H3;3,7-8H,1,4-6H2,2H3;4H,2-3,5-7H2,1H3;2,6-8H,1,3-5H2;2,6H,1,3-5H2. The SMILES string of the molecule is C=CC1CCC2(C)OC2C1.C=CC1CCC2OC2C1.C=CCOCC1(CC)COC1.C=CCOCC1CO1.C=COCC1(CC)COC1. The van der Waals surface area contributed by atoms with Crippen LogP contribution in [0.2, 0.25) is 0 Å². The maximum absolute atomic E-state index is 5.55. The van der Waals surface area contributed by atoms with E-state index in [1.165, 1.54) is 44.8 Å². The van der Waals surface area contributed by atoms with Crippen LogP contribution < -0.4 is 0 Å². The Kier molecular flexibility index (Phi) is 17.6. The molecule has 7 rings (SSSR count). The monoisotopic (exact) mass is 674 g/mol. The van der Waals surface area contributed by atoms with Gasteiger partial charge in [0.1, 0.15) is 6.10 Å². The Labute approximate surface area is 291 Å². The lowest BCUT2D eigenvalue weighted by atomic mass is 9.83. The summed E-state index contributed by atoms with van der Waals surface area (Å²) in [7, 11) is 0. The van der Waals surface area contributed by atoms with Crippen LogP contribution in [-0.2, 0) is 37.9 Å². The van der Waals surface area contributed by atoms with Gasteiger partial charge in [-0.15, -0.1) is 26.3 Å². The molecule has 0 spiro atoms. The molecule has 0 bridgehead atoms. The summed E-state index contributed by atoms with van der Waals surface area (Å²) in [6, 6.07) is 0. The molecule has 0 aromatic heterocycles. The molecule has 0 N–H and O–H groups in total. The van der Waals surface area contributed by atoms with Crippen molar-refractivity contribution in [2.45, 2.75) is 102 Å². The van der Waals surface area contributed by atoms with E-state index >= 15 is 0 Å². The van der Waals surface area contributed by atoms with Crippen molar-refractivity contribution in [2.24, 2.45) is 22.7 Å². The van der Waals surface area contributed by atoms with Crippen molar-refractivity contribution in [1.29, 1.82) is 0 Å². The number of fused-ring (bicyclic) bond motifs is 2.